The summed E-state index contributed by atoms with van der Waals surface area (Å²) in [6, 6.07) is 26.0. The zero-order chi connectivity index (χ0) is 41.6. The first-order valence-corrected chi connectivity index (χ1v) is 21.5. The first-order valence-electron chi connectivity index (χ1n) is 21.5. The van der Waals surface area contributed by atoms with Crippen LogP contribution in [0.3, 0.4) is 0 Å². The highest BCUT2D eigenvalue weighted by molar-refractivity contribution is 5.57. The fourth-order valence-corrected chi connectivity index (χ4v) is 15.6. The molecule has 4 unspecified atom stereocenters. The third-order valence-electron chi connectivity index (χ3n) is 16.6. The molecule has 8 aliphatic rings. The molecular weight excluding hydrogens is 721 g/mol. The summed E-state index contributed by atoms with van der Waals surface area (Å²) in [5, 5.41) is 0. The Kier molecular flexibility index (Phi) is 8.60. The van der Waals surface area contributed by atoms with Crippen molar-refractivity contribution in [2.75, 3.05) is 0 Å². The van der Waals surface area contributed by atoms with Gasteiger partial charge in [0.05, 0.1) is 0 Å². The van der Waals surface area contributed by atoms with E-state index in [1.165, 1.54) is 60.8 Å². The maximum atomic E-state index is 6.29. The van der Waals surface area contributed by atoms with Crippen molar-refractivity contribution < 1.29 is 0 Å². The van der Waals surface area contributed by atoms with Gasteiger partial charge >= 0.3 is 0 Å². The lowest BCUT2D eigenvalue weighted by atomic mass is 9.25. The smallest absolute Gasteiger partial charge is 0.0257 e. The van der Waals surface area contributed by atoms with Gasteiger partial charge in [-0.2, -0.15) is 0 Å². The summed E-state index contributed by atoms with van der Waals surface area (Å²) in [7, 11) is 0. The van der Waals surface area contributed by atoms with Crippen molar-refractivity contribution in [2.24, 2.45) is 40.4 Å². The average molecular weight is 767 g/mol. The van der Waals surface area contributed by atoms with Crippen LogP contribution in [0.2, 0.25) is 0 Å². The van der Waals surface area contributed by atoms with E-state index >= 15 is 0 Å². The standard InChI is InChI=1S/C60H46/c1-9-38-17-39(10-2)25-49(24-38)55-53-35-58(52-30-44(15-7)20-45(16-8)31-52)36-54(55)57(51-28-42(13-5)19-43(14-6)29-51)60(37-58,56(53)50-26-40(11-3)18-41(12-4)27-50)59-32-46-21-47(33-59)23-48(22-46)34-59/h1-8,17-20,24-31,46-48,53-57H,21-23,32-37H2. The van der Waals surface area contributed by atoms with Crippen LogP contribution < -0.4 is 0 Å². The van der Waals surface area contributed by atoms with Gasteiger partial charge in [-0.25, -0.2) is 0 Å². The molecule has 0 N–H and O–H groups in total. The molecule has 0 heteroatoms. The molecule has 0 amide bonds. The summed E-state index contributed by atoms with van der Waals surface area (Å²) >= 11 is 0. The molecule has 0 aliphatic heterocycles. The highest BCUT2D eigenvalue weighted by Gasteiger charge is 2.77. The highest BCUT2D eigenvalue weighted by atomic mass is 14.8. The van der Waals surface area contributed by atoms with Crippen molar-refractivity contribution in [1.82, 2.24) is 0 Å². The lowest BCUT2D eigenvalue weighted by Gasteiger charge is -2.79. The average Bonchev–Trinajstić information content (AvgIpc) is 3.27. The van der Waals surface area contributed by atoms with Gasteiger partial charge < -0.3 is 0 Å². The van der Waals surface area contributed by atoms with Gasteiger partial charge in [0, 0.05) is 44.5 Å². The molecule has 0 heterocycles. The Morgan fingerprint density at radius 3 is 1.03 bits per heavy atom. The van der Waals surface area contributed by atoms with Crippen LogP contribution in [0.4, 0.5) is 0 Å². The molecule has 8 saturated carbocycles. The van der Waals surface area contributed by atoms with E-state index in [1.807, 2.05) is 24.3 Å². The van der Waals surface area contributed by atoms with Gasteiger partial charge in [-0.3, -0.25) is 0 Å². The van der Waals surface area contributed by atoms with Crippen LogP contribution in [-0.2, 0) is 5.41 Å². The largest absolute Gasteiger partial charge is 0.115 e. The molecule has 0 aromatic heterocycles. The normalized spacial score (nSPS) is 33.5. The van der Waals surface area contributed by atoms with Gasteiger partial charge in [0.1, 0.15) is 0 Å². The van der Waals surface area contributed by atoms with E-state index in [1.54, 1.807) is 0 Å². The summed E-state index contributed by atoms with van der Waals surface area (Å²) in [6.07, 6.45) is 60.4. The monoisotopic (exact) mass is 766 g/mol. The number of hydrogen-bond donors (Lipinski definition) is 0. The zero-order valence-electron chi connectivity index (χ0n) is 34.0. The fraction of sp³-hybridized carbons (Fsp3) is 0.333. The van der Waals surface area contributed by atoms with Gasteiger partial charge in [-0.05, 0) is 216 Å². The summed E-state index contributed by atoms with van der Waals surface area (Å²) in [5.41, 5.74) is 11.0. The second-order valence-electron chi connectivity index (χ2n) is 19.4. The number of hydrogen-bond acceptors (Lipinski definition) is 0. The van der Waals surface area contributed by atoms with Gasteiger partial charge in [-0.1, -0.05) is 47.4 Å². The second kappa shape index (κ2) is 13.7. The predicted molar refractivity (Wildman–Crippen MR) is 243 cm³/mol. The van der Waals surface area contributed by atoms with Gasteiger partial charge in [0.15, 0.2) is 0 Å². The Bertz CT molecular complexity index is 2610. The van der Waals surface area contributed by atoms with Crippen LogP contribution in [0.5, 0.6) is 0 Å². The van der Waals surface area contributed by atoms with Crippen LogP contribution in [0, 0.1) is 139 Å². The molecule has 12 rings (SSSR count). The third kappa shape index (κ3) is 5.40. The first kappa shape index (κ1) is 37.6. The van der Waals surface area contributed by atoms with Crippen molar-refractivity contribution >= 4 is 0 Å². The molecule has 0 nitrogen and oxygen atoms in total. The summed E-state index contributed by atoms with van der Waals surface area (Å²) in [5.74, 6) is 26.5. The number of terminal acetylenes is 8. The summed E-state index contributed by atoms with van der Waals surface area (Å²) in [4.78, 5) is 0. The van der Waals surface area contributed by atoms with E-state index in [-0.39, 0.29) is 45.8 Å². The molecule has 4 aromatic rings. The van der Waals surface area contributed by atoms with Crippen LogP contribution in [0.25, 0.3) is 0 Å². The van der Waals surface area contributed by atoms with E-state index in [0.29, 0.717) is 17.8 Å². The number of benzene rings is 4. The van der Waals surface area contributed by atoms with E-state index in [9.17, 15) is 0 Å². The number of rotatable bonds is 5. The second-order valence-corrected chi connectivity index (χ2v) is 19.4. The molecule has 8 fully saturated rings. The summed E-state index contributed by atoms with van der Waals surface area (Å²) in [6.45, 7) is 0. The van der Waals surface area contributed by atoms with Gasteiger partial charge in [-0.15, -0.1) is 51.4 Å². The zero-order valence-corrected chi connectivity index (χ0v) is 34.0. The Hall–Kier alpha value is -6.64. The van der Waals surface area contributed by atoms with E-state index in [4.69, 9.17) is 51.4 Å². The molecule has 8 bridgehead atoms. The maximum absolute atomic E-state index is 6.29. The van der Waals surface area contributed by atoms with Gasteiger partial charge in [0.2, 0.25) is 0 Å². The van der Waals surface area contributed by atoms with Crippen molar-refractivity contribution in [3.05, 3.63) is 140 Å². The highest BCUT2D eigenvalue weighted by Crippen LogP contribution is 2.85. The van der Waals surface area contributed by atoms with Crippen molar-refractivity contribution in [1.29, 1.82) is 0 Å². The maximum Gasteiger partial charge on any atom is 0.0257 e. The quantitative estimate of drug-likeness (QED) is 0.178. The Balaban J connectivity index is 1.36. The molecular formula is C60H46. The summed E-state index contributed by atoms with van der Waals surface area (Å²) < 4.78 is 0. The molecule has 4 aromatic carbocycles. The van der Waals surface area contributed by atoms with Crippen LogP contribution >= 0.6 is 0 Å². The molecule has 60 heavy (non-hydrogen) atoms. The third-order valence-corrected chi connectivity index (χ3v) is 16.6. The van der Waals surface area contributed by atoms with Crippen LogP contribution in [-0.4, -0.2) is 0 Å². The molecule has 0 spiro atoms. The van der Waals surface area contributed by atoms with Crippen molar-refractivity contribution in [3.63, 3.8) is 0 Å². The minimum Gasteiger partial charge on any atom is -0.115 e. The Morgan fingerprint density at radius 2 is 0.700 bits per heavy atom. The van der Waals surface area contributed by atoms with Crippen molar-refractivity contribution in [3.8, 4) is 98.8 Å². The fourth-order valence-electron chi connectivity index (χ4n) is 15.6. The SMILES string of the molecule is C#Cc1cc(C#C)cc(C2C3CC4(c5cc(C#C)cc(C#C)c5)CC2C(c2cc(C#C)cc(C#C)c2)C(C25CC6CC(CC(C6)C2)C5)(C4)C3c2cc(C#C)cc(C#C)c2)c1. The van der Waals surface area contributed by atoms with Gasteiger partial charge in [0.25, 0.3) is 0 Å². The lowest BCUT2D eigenvalue weighted by molar-refractivity contribution is -0.237. The Morgan fingerprint density at radius 1 is 0.383 bits per heavy atom. The molecule has 0 radical (unpaired) electrons. The van der Waals surface area contributed by atoms with E-state index in [0.717, 1.165) is 63.8 Å². The van der Waals surface area contributed by atoms with Crippen LogP contribution in [0.15, 0.2) is 72.8 Å². The minimum absolute atomic E-state index is 0.0405. The Labute approximate surface area is 358 Å². The van der Waals surface area contributed by atoms with Crippen LogP contribution in [0.1, 0.15) is 142 Å². The van der Waals surface area contributed by atoms with E-state index < -0.39 is 0 Å². The first-order chi connectivity index (χ1) is 29.1. The minimum atomic E-state index is -0.245. The molecule has 286 valence electrons. The molecule has 8 aliphatic carbocycles. The predicted octanol–water partition coefficient (Wildman–Crippen LogP) is 10.8. The molecule has 0 saturated heterocycles. The van der Waals surface area contributed by atoms with E-state index in [2.05, 4.69) is 95.9 Å². The van der Waals surface area contributed by atoms with Crippen molar-refractivity contribution in [2.45, 2.75) is 81.0 Å². The lowest BCUT2D eigenvalue weighted by Crippen LogP contribution is -2.71. The topological polar surface area (TPSA) is 0 Å². The molecule has 4 atom stereocenters.